The molecule has 11 heteroatoms. The standard InChI is InChI=1S/C21H20F4N4O3/c22-16(23)19-28-27-18(32-19)10-5-6-11-9-29(20(31)12(11)7-10)15-4-2-1-3-14(15)26-17(30)13-8-21(13,24)25/h5-7,13-16H,1-4,8-9H2,(H,26,30)/t13-,14+,15+/m0/s1. The number of hydrogen-bond acceptors (Lipinski definition) is 5. The summed E-state index contributed by atoms with van der Waals surface area (Å²) in [5, 5.41) is 9.66. The number of carbonyl (C=O) groups excluding carboxylic acids is 2. The van der Waals surface area contributed by atoms with Crippen LogP contribution < -0.4 is 5.32 Å². The number of aromatic nitrogens is 2. The molecule has 7 nitrogen and oxygen atoms in total. The molecule has 170 valence electrons. The van der Waals surface area contributed by atoms with Crippen LogP contribution in [0.4, 0.5) is 17.6 Å². The van der Waals surface area contributed by atoms with Gasteiger partial charge in [0.15, 0.2) is 0 Å². The van der Waals surface area contributed by atoms with E-state index in [1.165, 1.54) is 6.07 Å². The van der Waals surface area contributed by atoms with E-state index in [1.54, 1.807) is 17.0 Å². The van der Waals surface area contributed by atoms with Crippen LogP contribution >= 0.6 is 0 Å². The predicted octanol–water partition coefficient (Wildman–Crippen LogP) is 3.71. The molecule has 0 radical (unpaired) electrons. The lowest BCUT2D eigenvalue weighted by atomic mass is 9.89. The van der Waals surface area contributed by atoms with Crippen molar-refractivity contribution in [3.05, 3.63) is 35.2 Å². The fourth-order valence-corrected chi connectivity index (χ4v) is 4.60. The maximum atomic E-state index is 13.3. The molecule has 1 aromatic carbocycles. The molecule has 3 aliphatic rings. The van der Waals surface area contributed by atoms with Crippen LogP contribution in [0, 0.1) is 5.92 Å². The van der Waals surface area contributed by atoms with E-state index in [9.17, 15) is 27.2 Å². The first-order chi connectivity index (χ1) is 15.2. The highest BCUT2D eigenvalue weighted by molar-refractivity contribution is 5.99. The summed E-state index contributed by atoms with van der Waals surface area (Å²) in [6.45, 7) is 0.317. The molecule has 2 saturated carbocycles. The van der Waals surface area contributed by atoms with E-state index in [4.69, 9.17) is 4.42 Å². The highest BCUT2D eigenvalue weighted by Crippen LogP contribution is 2.48. The summed E-state index contributed by atoms with van der Waals surface area (Å²) in [5.74, 6) is -6.06. The SMILES string of the molecule is O=C(N[C@@H]1CCCC[C@H]1N1Cc2ccc(-c3nnc(C(F)F)o3)cc2C1=O)[C@@H]1CC1(F)F. The molecule has 2 fully saturated rings. The second-order valence-corrected chi connectivity index (χ2v) is 8.54. The largest absolute Gasteiger partial charge is 0.415 e. The topological polar surface area (TPSA) is 88.3 Å². The molecule has 1 aromatic heterocycles. The summed E-state index contributed by atoms with van der Waals surface area (Å²) in [4.78, 5) is 27.1. The molecule has 2 heterocycles. The van der Waals surface area contributed by atoms with Gasteiger partial charge in [-0.15, -0.1) is 10.2 Å². The van der Waals surface area contributed by atoms with Crippen LogP contribution in [0.25, 0.3) is 11.5 Å². The number of rotatable bonds is 5. The second-order valence-electron chi connectivity index (χ2n) is 8.54. The van der Waals surface area contributed by atoms with Gasteiger partial charge in [0.05, 0.1) is 6.04 Å². The highest BCUT2D eigenvalue weighted by atomic mass is 19.3. The van der Waals surface area contributed by atoms with Crippen molar-refractivity contribution in [3.8, 4) is 11.5 Å². The molecule has 0 spiro atoms. The number of nitrogens with zero attached hydrogens (tertiary/aromatic N) is 3. The van der Waals surface area contributed by atoms with Gasteiger partial charge >= 0.3 is 6.43 Å². The fourth-order valence-electron chi connectivity index (χ4n) is 4.60. The normalized spacial score (nSPS) is 26.3. The lowest BCUT2D eigenvalue weighted by Crippen LogP contribution is -2.53. The maximum absolute atomic E-state index is 13.3. The molecular formula is C21H20F4N4O3. The van der Waals surface area contributed by atoms with Crippen LogP contribution in [0.3, 0.4) is 0 Å². The van der Waals surface area contributed by atoms with Crippen molar-refractivity contribution in [2.45, 2.75) is 63.1 Å². The lowest BCUT2D eigenvalue weighted by molar-refractivity contribution is -0.125. The van der Waals surface area contributed by atoms with E-state index in [0.29, 0.717) is 30.5 Å². The Morgan fingerprint density at radius 2 is 1.97 bits per heavy atom. The molecule has 0 unspecified atom stereocenters. The van der Waals surface area contributed by atoms with E-state index in [-0.39, 0.29) is 17.8 Å². The van der Waals surface area contributed by atoms with Gasteiger partial charge in [-0.05, 0) is 30.5 Å². The minimum atomic E-state index is -2.94. The second kappa shape index (κ2) is 7.56. The summed E-state index contributed by atoms with van der Waals surface area (Å²) in [6.07, 6.45) is -0.364. The number of carbonyl (C=O) groups is 2. The third-order valence-electron chi connectivity index (χ3n) is 6.42. The molecule has 2 aromatic rings. The van der Waals surface area contributed by atoms with Crippen molar-refractivity contribution in [1.29, 1.82) is 0 Å². The van der Waals surface area contributed by atoms with Crippen molar-refractivity contribution in [2.75, 3.05) is 0 Å². The van der Waals surface area contributed by atoms with Crippen molar-refractivity contribution in [2.24, 2.45) is 5.92 Å². The van der Waals surface area contributed by atoms with Gasteiger partial charge in [-0.2, -0.15) is 8.78 Å². The van der Waals surface area contributed by atoms with E-state index in [1.807, 2.05) is 0 Å². The van der Waals surface area contributed by atoms with Crippen LogP contribution in [0.15, 0.2) is 22.6 Å². The average molecular weight is 452 g/mol. The predicted molar refractivity (Wildman–Crippen MR) is 102 cm³/mol. The quantitative estimate of drug-likeness (QED) is 0.699. The van der Waals surface area contributed by atoms with Crippen molar-refractivity contribution >= 4 is 11.8 Å². The Morgan fingerprint density at radius 3 is 2.66 bits per heavy atom. The number of benzene rings is 1. The molecule has 32 heavy (non-hydrogen) atoms. The Balaban J connectivity index is 1.34. The number of fused-ring (bicyclic) bond motifs is 1. The first-order valence-corrected chi connectivity index (χ1v) is 10.5. The van der Waals surface area contributed by atoms with Gasteiger partial charge in [0.1, 0.15) is 5.92 Å². The first kappa shape index (κ1) is 20.9. The van der Waals surface area contributed by atoms with Gasteiger partial charge in [-0.1, -0.05) is 18.9 Å². The Morgan fingerprint density at radius 1 is 1.22 bits per heavy atom. The summed E-state index contributed by atoms with van der Waals surface area (Å²) in [5.41, 5.74) is 1.49. The lowest BCUT2D eigenvalue weighted by Gasteiger charge is -2.38. The third kappa shape index (κ3) is 3.63. The number of amides is 2. The van der Waals surface area contributed by atoms with Crippen LogP contribution in [0.2, 0.25) is 0 Å². The van der Waals surface area contributed by atoms with Crippen LogP contribution in [0.1, 0.15) is 60.3 Å². The average Bonchev–Trinajstić information content (AvgIpc) is 3.09. The summed E-state index contributed by atoms with van der Waals surface area (Å²) >= 11 is 0. The van der Waals surface area contributed by atoms with Crippen molar-refractivity contribution < 1.29 is 31.6 Å². The highest BCUT2D eigenvalue weighted by Gasteiger charge is 2.61. The molecule has 2 aliphatic carbocycles. The van der Waals surface area contributed by atoms with E-state index in [0.717, 1.165) is 18.4 Å². The molecule has 2 amide bonds. The van der Waals surface area contributed by atoms with Gasteiger partial charge in [0, 0.05) is 30.1 Å². The zero-order valence-electron chi connectivity index (χ0n) is 16.9. The van der Waals surface area contributed by atoms with Crippen molar-refractivity contribution in [1.82, 2.24) is 20.4 Å². The number of hydrogen-bond donors (Lipinski definition) is 1. The Labute approximate surface area is 180 Å². The van der Waals surface area contributed by atoms with Gasteiger partial charge in [0.25, 0.3) is 17.7 Å². The first-order valence-electron chi connectivity index (χ1n) is 10.5. The Kier molecular flexibility index (Phi) is 4.94. The minimum absolute atomic E-state index is 0.109. The summed E-state index contributed by atoms with van der Waals surface area (Å²) < 4.78 is 57.0. The number of alkyl halides is 4. The molecule has 1 aliphatic heterocycles. The Bertz CT molecular complexity index is 1070. The summed E-state index contributed by atoms with van der Waals surface area (Å²) in [6, 6.07) is 4.15. The monoisotopic (exact) mass is 452 g/mol. The van der Waals surface area contributed by atoms with Gasteiger partial charge < -0.3 is 14.6 Å². The van der Waals surface area contributed by atoms with Crippen LogP contribution in [0.5, 0.6) is 0 Å². The molecule has 5 rings (SSSR count). The summed E-state index contributed by atoms with van der Waals surface area (Å²) in [7, 11) is 0. The molecule has 0 bridgehead atoms. The number of nitrogens with one attached hydrogen (secondary N) is 1. The third-order valence-corrected chi connectivity index (χ3v) is 6.42. The van der Waals surface area contributed by atoms with Gasteiger partial charge in [-0.25, -0.2) is 8.78 Å². The van der Waals surface area contributed by atoms with Crippen LogP contribution in [-0.2, 0) is 11.3 Å². The Hall–Kier alpha value is -2.98. The molecule has 0 saturated heterocycles. The smallest absolute Gasteiger partial charge is 0.314 e. The minimum Gasteiger partial charge on any atom is -0.415 e. The molecule has 1 N–H and O–H groups in total. The van der Waals surface area contributed by atoms with Crippen molar-refractivity contribution in [3.63, 3.8) is 0 Å². The van der Waals surface area contributed by atoms with Gasteiger partial charge in [-0.3, -0.25) is 9.59 Å². The number of halogens is 4. The maximum Gasteiger partial charge on any atom is 0.314 e. The zero-order chi connectivity index (χ0) is 22.6. The molecular weight excluding hydrogens is 432 g/mol. The van der Waals surface area contributed by atoms with Crippen LogP contribution in [-0.4, -0.2) is 44.9 Å². The fraction of sp³-hybridized carbons (Fsp3) is 0.524. The van der Waals surface area contributed by atoms with E-state index < -0.39 is 42.5 Å². The zero-order valence-corrected chi connectivity index (χ0v) is 16.9. The van der Waals surface area contributed by atoms with E-state index in [2.05, 4.69) is 15.5 Å². The molecule has 3 atom stereocenters. The van der Waals surface area contributed by atoms with E-state index >= 15 is 0 Å². The van der Waals surface area contributed by atoms with Gasteiger partial charge in [0.2, 0.25) is 11.8 Å².